The summed E-state index contributed by atoms with van der Waals surface area (Å²) in [6, 6.07) is 18.5. The second-order valence-electron chi connectivity index (χ2n) is 7.87. The molecule has 0 heterocycles. The third-order valence-corrected chi connectivity index (χ3v) is 5.32. The van der Waals surface area contributed by atoms with E-state index >= 15 is 0 Å². The number of unbranched alkanes of at least 4 members (excludes halogenated alkanes) is 8. The van der Waals surface area contributed by atoms with Crippen molar-refractivity contribution in [1.29, 1.82) is 0 Å². The molecule has 0 aliphatic carbocycles. The van der Waals surface area contributed by atoms with E-state index in [0.29, 0.717) is 0 Å². The molecule has 0 spiro atoms. The predicted octanol–water partition coefficient (Wildman–Crippen LogP) is 8.85. The zero-order chi connectivity index (χ0) is 20.6. The molecule has 0 amide bonds. The highest BCUT2D eigenvalue weighted by Crippen LogP contribution is 2.23. The van der Waals surface area contributed by atoms with Gasteiger partial charge in [-0.3, -0.25) is 0 Å². The van der Waals surface area contributed by atoms with E-state index in [-0.39, 0.29) is 0 Å². The molecular formula is C26H39N3. The van der Waals surface area contributed by atoms with Gasteiger partial charge in [0, 0.05) is 18.8 Å². The van der Waals surface area contributed by atoms with Crippen LogP contribution in [0.25, 0.3) is 0 Å². The van der Waals surface area contributed by atoms with Crippen LogP contribution in [0.1, 0.15) is 78.1 Å². The number of benzene rings is 2. The maximum atomic E-state index is 4.38. The van der Waals surface area contributed by atoms with Crippen LogP contribution in [0.15, 0.2) is 64.8 Å². The van der Waals surface area contributed by atoms with Crippen molar-refractivity contribution < 1.29 is 0 Å². The van der Waals surface area contributed by atoms with Crippen LogP contribution in [-0.4, -0.2) is 13.1 Å². The number of nitrogens with zero attached hydrogens (tertiary/aromatic N) is 3. The number of hydrogen-bond acceptors (Lipinski definition) is 3. The summed E-state index contributed by atoms with van der Waals surface area (Å²) in [5.41, 5.74) is 3.11. The Balaban J connectivity index is 1.91. The zero-order valence-electron chi connectivity index (χ0n) is 18.5. The predicted molar refractivity (Wildman–Crippen MR) is 127 cm³/mol. The van der Waals surface area contributed by atoms with Crippen molar-refractivity contribution in [1.82, 2.24) is 0 Å². The van der Waals surface area contributed by atoms with Crippen LogP contribution >= 0.6 is 0 Å². The highest BCUT2D eigenvalue weighted by Gasteiger charge is 2.06. The summed E-state index contributed by atoms with van der Waals surface area (Å²) in [4.78, 5) is 2.57. The van der Waals surface area contributed by atoms with Gasteiger partial charge in [0.05, 0.1) is 11.4 Å². The second-order valence-corrected chi connectivity index (χ2v) is 7.87. The summed E-state index contributed by atoms with van der Waals surface area (Å²) < 4.78 is 0. The van der Waals surface area contributed by atoms with E-state index in [0.717, 1.165) is 24.5 Å². The van der Waals surface area contributed by atoms with Gasteiger partial charge in [-0.1, -0.05) is 83.4 Å². The van der Waals surface area contributed by atoms with Crippen molar-refractivity contribution in [3.8, 4) is 0 Å². The minimum Gasteiger partial charge on any atom is -0.372 e. The Morgan fingerprint density at radius 1 is 0.552 bits per heavy atom. The molecule has 0 fully saturated rings. The molecule has 0 saturated carbocycles. The van der Waals surface area contributed by atoms with E-state index in [1.807, 2.05) is 30.3 Å². The van der Waals surface area contributed by atoms with Gasteiger partial charge < -0.3 is 4.90 Å². The smallest absolute Gasteiger partial charge is 0.0858 e. The highest BCUT2D eigenvalue weighted by molar-refractivity contribution is 5.53. The molecule has 2 aromatic rings. The third-order valence-electron chi connectivity index (χ3n) is 5.32. The van der Waals surface area contributed by atoms with Gasteiger partial charge in [-0.15, -0.1) is 0 Å². The first-order chi connectivity index (χ1) is 14.3. The molecule has 0 unspecified atom stereocenters. The zero-order valence-corrected chi connectivity index (χ0v) is 18.5. The van der Waals surface area contributed by atoms with Crippen molar-refractivity contribution in [2.45, 2.75) is 78.1 Å². The van der Waals surface area contributed by atoms with Crippen LogP contribution < -0.4 is 4.90 Å². The van der Waals surface area contributed by atoms with Crippen LogP contribution in [0, 0.1) is 0 Å². The summed E-state index contributed by atoms with van der Waals surface area (Å²) >= 11 is 0. The number of anilines is 1. The Morgan fingerprint density at radius 3 is 1.55 bits per heavy atom. The number of hydrogen-bond donors (Lipinski definition) is 0. The van der Waals surface area contributed by atoms with Gasteiger partial charge >= 0.3 is 0 Å². The summed E-state index contributed by atoms with van der Waals surface area (Å²) in [5.74, 6) is 0. The fourth-order valence-corrected chi connectivity index (χ4v) is 3.52. The van der Waals surface area contributed by atoms with E-state index < -0.39 is 0 Å². The maximum Gasteiger partial charge on any atom is 0.0858 e. The number of azo groups is 1. The Kier molecular flexibility index (Phi) is 11.8. The Hall–Kier alpha value is -2.16. The van der Waals surface area contributed by atoms with Gasteiger partial charge in [-0.2, -0.15) is 10.2 Å². The first-order valence-electron chi connectivity index (χ1n) is 11.6. The van der Waals surface area contributed by atoms with Crippen molar-refractivity contribution in [3.05, 3.63) is 54.6 Å². The van der Waals surface area contributed by atoms with Gasteiger partial charge in [0.15, 0.2) is 0 Å². The lowest BCUT2D eigenvalue weighted by atomic mass is 10.1. The van der Waals surface area contributed by atoms with Gasteiger partial charge in [0.25, 0.3) is 0 Å². The highest BCUT2D eigenvalue weighted by atomic mass is 15.1. The first kappa shape index (κ1) is 23.1. The molecule has 0 saturated heterocycles. The fourth-order valence-electron chi connectivity index (χ4n) is 3.52. The van der Waals surface area contributed by atoms with Crippen LogP contribution in [-0.2, 0) is 0 Å². The Morgan fingerprint density at radius 2 is 1.03 bits per heavy atom. The molecule has 0 atom stereocenters. The van der Waals surface area contributed by atoms with E-state index in [1.54, 1.807) is 0 Å². The van der Waals surface area contributed by atoms with E-state index in [2.05, 4.69) is 53.2 Å². The lowest BCUT2D eigenvalue weighted by Crippen LogP contribution is -2.25. The topological polar surface area (TPSA) is 28.0 Å². The quantitative estimate of drug-likeness (QED) is 0.219. The van der Waals surface area contributed by atoms with Crippen molar-refractivity contribution in [3.63, 3.8) is 0 Å². The molecule has 2 rings (SSSR count). The summed E-state index contributed by atoms with van der Waals surface area (Å²) in [5, 5.41) is 8.69. The van der Waals surface area contributed by atoms with E-state index in [9.17, 15) is 0 Å². The second kappa shape index (κ2) is 14.8. The molecule has 0 aromatic heterocycles. The maximum absolute atomic E-state index is 4.38. The van der Waals surface area contributed by atoms with Crippen LogP contribution in [0.4, 0.5) is 17.1 Å². The van der Waals surface area contributed by atoms with Gasteiger partial charge in [0.1, 0.15) is 0 Å². The molecule has 0 bridgehead atoms. The standard InChI is InChI=1S/C26H39N3/c1-3-5-7-9-14-22-29(23-15-10-8-6-4-2)26-20-18-25(19-21-26)28-27-24-16-12-11-13-17-24/h11-13,16-21H,3-10,14-15,22-23H2,1-2H3. The molecule has 0 aliphatic rings. The molecule has 3 heteroatoms. The molecule has 0 N–H and O–H groups in total. The third kappa shape index (κ3) is 9.74. The van der Waals surface area contributed by atoms with Crippen molar-refractivity contribution in [2.24, 2.45) is 10.2 Å². The van der Waals surface area contributed by atoms with Crippen LogP contribution in [0.3, 0.4) is 0 Å². The molecule has 0 radical (unpaired) electrons. The lowest BCUT2D eigenvalue weighted by Gasteiger charge is -2.25. The first-order valence-corrected chi connectivity index (χ1v) is 11.6. The number of rotatable bonds is 15. The molecular weight excluding hydrogens is 354 g/mol. The van der Waals surface area contributed by atoms with Gasteiger partial charge in [-0.05, 0) is 49.2 Å². The molecule has 0 aliphatic heterocycles. The SMILES string of the molecule is CCCCCCCN(CCCCCCC)c1ccc(N=Nc2ccccc2)cc1. The molecule has 158 valence electrons. The van der Waals surface area contributed by atoms with E-state index in [4.69, 9.17) is 0 Å². The average Bonchev–Trinajstić information content (AvgIpc) is 2.77. The average molecular weight is 394 g/mol. The summed E-state index contributed by atoms with van der Waals surface area (Å²) in [7, 11) is 0. The molecule has 2 aromatic carbocycles. The van der Waals surface area contributed by atoms with Crippen LogP contribution in [0.5, 0.6) is 0 Å². The normalized spacial score (nSPS) is 11.2. The Labute approximate surface area is 178 Å². The van der Waals surface area contributed by atoms with Gasteiger partial charge in [0.2, 0.25) is 0 Å². The van der Waals surface area contributed by atoms with Crippen molar-refractivity contribution >= 4 is 17.1 Å². The lowest BCUT2D eigenvalue weighted by molar-refractivity contribution is 0.589. The summed E-state index contributed by atoms with van der Waals surface area (Å²) in [6.45, 7) is 6.86. The minimum absolute atomic E-state index is 0.886. The molecule has 3 nitrogen and oxygen atoms in total. The minimum atomic E-state index is 0.886. The summed E-state index contributed by atoms with van der Waals surface area (Å²) in [6.07, 6.45) is 13.3. The van der Waals surface area contributed by atoms with Crippen LogP contribution in [0.2, 0.25) is 0 Å². The Bertz CT molecular complexity index is 650. The monoisotopic (exact) mass is 393 g/mol. The largest absolute Gasteiger partial charge is 0.372 e. The van der Waals surface area contributed by atoms with Gasteiger partial charge in [-0.25, -0.2) is 0 Å². The van der Waals surface area contributed by atoms with Crippen molar-refractivity contribution in [2.75, 3.05) is 18.0 Å². The fraction of sp³-hybridized carbons (Fsp3) is 0.538. The van der Waals surface area contributed by atoms with E-state index in [1.165, 1.54) is 69.9 Å². The molecule has 29 heavy (non-hydrogen) atoms.